The Balaban J connectivity index is 1.87. The van der Waals surface area contributed by atoms with Crippen LogP contribution in [0.15, 0.2) is 70.5 Å². The van der Waals surface area contributed by atoms with Gasteiger partial charge in [0.15, 0.2) is 17.5 Å². The molecule has 37 heavy (non-hydrogen) atoms. The van der Waals surface area contributed by atoms with Crippen molar-refractivity contribution in [1.29, 1.82) is 5.26 Å². The fraction of sp³-hybridized carbons (Fsp3) is 0.0769. The molecule has 11 heteroatoms. The molecule has 0 radical (unpaired) electrons. The van der Waals surface area contributed by atoms with Crippen molar-refractivity contribution in [2.45, 2.75) is 13.5 Å². The first-order valence-corrected chi connectivity index (χ1v) is 11.6. The maximum atomic E-state index is 14.0. The van der Waals surface area contributed by atoms with Crippen molar-refractivity contribution in [1.82, 2.24) is 14.1 Å². The fourth-order valence-corrected chi connectivity index (χ4v) is 4.99. The minimum atomic E-state index is -1.70. The second kappa shape index (κ2) is 9.40. The Morgan fingerprint density at radius 2 is 1.78 bits per heavy atom. The van der Waals surface area contributed by atoms with Crippen LogP contribution in [0, 0.1) is 35.7 Å². The third-order valence-electron chi connectivity index (χ3n) is 5.49. The van der Waals surface area contributed by atoms with Crippen LogP contribution in [0.1, 0.15) is 5.56 Å². The van der Waals surface area contributed by atoms with Gasteiger partial charge in [-0.05, 0) is 36.1 Å². The molecule has 5 aromatic rings. The molecule has 0 saturated heterocycles. The van der Waals surface area contributed by atoms with E-state index >= 15 is 0 Å². The summed E-state index contributed by atoms with van der Waals surface area (Å²) in [5.74, 6) is -5.73. The number of hydrogen-bond donors (Lipinski definition) is 0. The highest BCUT2D eigenvalue weighted by Crippen LogP contribution is 2.38. The van der Waals surface area contributed by atoms with Crippen molar-refractivity contribution in [3.63, 3.8) is 0 Å². The standard InChI is InChI=1S/C26H15F3N4O3S/c1-14-8-16(13-31-12-14)33-25(34)24(36-17-10-18(27)22(29)19(28)11-17)23(32(7-6-30)26(33)35)21-9-15-4-2-3-5-20(15)37-21/h2-5,8-13H,7H2,1H3. The van der Waals surface area contributed by atoms with Crippen LogP contribution in [0.3, 0.4) is 0 Å². The third-order valence-corrected chi connectivity index (χ3v) is 6.61. The summed E-state index contributed by atoms with van der Waals surface area (Å²) < 4.78 is 49.8. The molecule has 0 unspecified atom stereocenters. The summed E-state index contributed by atoms with van der Waals surface area (Å²) in [6, 6.07) is 13.6. The van der Waals surface area contributed by atoms with E-state index in [9.17, 15) is 28.0 Å². The van der Waals surface area contributed by atoms with Crippen molar-refractivity contribution < 1.29 is 17.9 Å². The van der Waals surface area contributed by atoms with Crippen molar-refractivity contribution in [3.05, 3.63) is 105 Å². The van der Waals surface area contributed by atoms with Gasteiger partial charge in [-0.1, -0.05) is 18.2 Å². The minimum absolute atomic E-state index is 0.0558. The smallest absolute Gasteiger partial charge is 0.337 e. The average Bonchev–Trinajstić information content (AvgIpc) is 3.29. The zero-order valence-electron chi connectivity index (χ0n) is 19.0. The molecule has 3 heterocycles. The topological polar surface area (TPSA) is 89.9 Å². The van der Waals surface area contributed by atoms with Gasteiger partial charge >= 0.3 is 11.2 Å². The highest BCUT2D eigenvalue weighted by atomic mass is 32.1. The van der Waals surface area contributed by atoms with E-state index in [1.807, 2.05) is 30.3 Å². The molecule has 0 atom stereocenters. The van der Waals surface area contributed by atoms with Gasteiger partial charge in [-0.15, -0.1) is 11.3 Å². The number of thiophene rings is 1. The van der Waals surface area contributed by atoms with Gasteiger partial charge in [0.1, 0.15) is 18.0 Å². The Labute approximate surface area is 210 Å². The van der Waals surface area contributed by atoms with Crippen LogP contribution >= 0.6 is 11.3 Å². The lowest BCUT2D eigenvalue weighted by atomic mass is 10.2. The van der Waals surface area contributed by atoms with Gasteiger partial charge in [-0.2, -0.15) is 5.26 Å². The summed E-state index contributed by atoms with van der Waals surface area (Å²) in [5, 5.41) is 10.3. The number of benzene rings is 2. The van der Waals surface area contributed by atoms with Crippen LogP contribution < -0.4 is 16.0 Å². The molecule has 0 bridgehead atoms. The van der Waals surface area contributed by atoms with Crippen molar-refractivity contribution in [2.24, 2.45) is 0 Å². The number of ether oxygens (including phenoxy) is 1. The molecule has 0 spiro atoms. The lowest BCUT2D eigenvalue weighted by Gasteiger charge is -2.17. The van der Waals surface area contributed by atoms with Crippen LogP contribution in [0.2, 0.25) is 0 Å². The Kier molecular flexibility index (Phi) is 6.11. The number of aryl methyl sites for hydroxylation is 1. The minimum Gasteiger partial charge on any atom is -0.449 e. The van der Waals surface area contributed by atoms with Gasteiger partial charge < -0.3 is 4.74 Å². The molecule has 0 amide bonds. The van der Waals surface area contributed by atoms with Crippen molar-refractivity contribution in [3.8, 4) is 33.8 Å². The number of fused-ring (bicyclic) bond motifs is 1. The molecule has 0 aliphatic heterocycles. The molecule has 0 aliphatic rings. The van der Waals surface area contributed by atoms with E-state index in [0.29, 0.717) is 22.6 Å². The molecule has 0 saturated carbocycles. The number of nitrogens with zero attached hydrogens (tertiary/aromatic N) is 4. The molecule has 0 fully saturated rings. The first-order valence-electron chi connectivity index (χ1n) is 10.8. The predicted octanol–water partition coefficient (Wildman–Crippen LogP) is 5.32. The van der Waals surface area contributed by atoms with Crippen LogP contribution in [-0.4, -0.2) is 14.1 Å². The number of rotatable bonds is 5. The van der Waals surface area contributed by atoms with Crippen LogP contribution in [0.4, 0.5) is 13.2 Å². The first-order chi connectivity index (χ1) is 17.8. The van der Waals surface area contributed by atoms with Gasteiger partial charge in [0, 0.05) is 23.0 Å². The maximum absolute atomic E-state index is 14.0. The van der Waals surface area contributed by atoms with E-state index < -0.39 is 46.7 Å². The lowest BCUT2D eigenvalue weighted by Crippen LogP contribution is -2.40. The van der Waals surface area contributed by atoms with E-state index in [1.54, 1.807) is 13.0 Å². The largest absolute Gasteiger partial charge is 0.449 e. The van der Waals surface area contributed by atoms with Crippen LogP contribution in [0.5, 0.6) is 11.5 Å². The maximum Gasteiger partial charge on any atom is 0.337 e. The van der Waals surface area contributed by atoms with E-state index in [4.69, 9.17) is 4.74 Å². The summed E-state index contributed by atoms with van der Waals surface area (Å²) in [6.45, 7) is 1.24. The molecule has 5 rings (SSSR count). The van der Waals surface area contributed by atoms with Crippen molar-refractivity contribution in [2.75, 3.05) is 0 Å². The molecule has 0 N–H and O–H groups in total. The molecule has 0 aliphatic carbocycles. The fourth-order valence-electron chi connectivity index (χ4n) is 3.88. The van der Waals surface area contributed by atoms with Crippen LogP contribution in [-0.2, 0) is 6.54 Å². The number of aromatic nitrogens is 3. The Morgan fingerprint density at radius 1 is 1.05 bits per heavy atom. The summed E-state index contributed by atoms with van der Waals surface area (Å²) in [4.78, 5) is 31.8. The average molecular weight is 520 g/mol. The second-order valence-electron chi connectivity index (χ2n) is 8.02. The highest BCUT2D eigenvalue weighted by molar-refractivity contribution is 7.22. The summed E-state index contributed by atoms with van der Waals surface area (Å²) in [5.41, 5.74) is -1.10. The van der Waals surface area contributed by atoms with Gasteiger partial charge in [-0.3, -0.25) is 14.3 Å². The normalized spacial score (nSPS) is 11.0. The zero-order valence-corrected chi connectivity index (χ0v) is 19.9. The number of nitriles is 1. The van der Waals surface area contributed by atoms with Gasteiger partial charge in [0.05, 0.1) is 22.8 Å². The van der Waals surface area contributed by atoms with E-state index in [-0.39, 0.29) is 11.4 Å². The predicted molar refractivity (Wildman–Crippen MR) is 132 cm³/mol. The molecule has 3 aromatic heterocycles. The monoisotopic (exact) mass is 520 g/mol. The number of halogens is 3. The Morgan fingerprint density at radius 3 is 2.46 bits per heavy atom. The summed E-state index contributed by atoms with van der Waals surface area (Å²) in [7, 11) is 0. The molecular weight excluding hydrogens is 505 g/mol. The zero-order chi connectivity index (χ0) is 26.3. The van der Waals surface area contributed by atoms with Crippen molar-refractivity contribution >= 4 is 21.4 Å². The number of hydrogen-bond acceptors (Lipinski definition) is 6. The molecule has 2 aromatic carbocycles. The SMILES string of the molecule is Cc1cncc(-n2c(=O)c(Oc3cc(F)c(F)c(F)c3)c(-c3cc4ccccc4s3)n(CC#N)c2=O)c1. The van der Waals surface area contributed by atoms with Gasteiger partial charge in [0.2, 0.25) is 5.75 Å². The van der Waals surface area contributed by atoms with E-state index in [2.05, 4.69) is 4.98 Å². The van der Waals surface area contributed by atoms with Crippen LogP contribution in [0.25, 0.3) is 26.3 Å². The highest BCUT2D eigenvalue weighted by Gasteiger charge is 2.26. The Hall–Kier alpha value is -4.69. The second-order valence-corrected chi connectivity index (χ2v) is 9.10. The van der Waals surface area contributed by atoms with Gasteiger partial charge in [0.25, 0.3) is 0 Å². The number of pyridine rings is 1. The summed E-state index contributed by atoms with van der Waals surface area (Å²) >= 11 is 1.23. The first kappa shape index (κ1) is 24.0. The molecule has 7 nitrogen and oxygen atoms in total. The Bertz CT molecular complexity index is 1800. The quantitative estimate of drug-likeness (QED) is 0.293. The van der Waals surface area contributed by atoms with E-state index in [0.717, 1.165) is 19.2 Å². The molecule has 184 valence electrons. The van der Waals surface area contributed by atoms with E-state index in [1.165, 1.54) is 29.8 Å². The summed E-state index contributed by atoms with van der Waals surface area (Å²) in [6.07, 6.45) is 2.81. The molecular formula is C26H15F3N4O3S. The third kappa shape index (κ3) is 4.28. The van der Waals surface area contributed by atoms with Gasteiger partial charge in [-0.25, -0.2) is 22.5 Å². The lowest BCUT2D eigenvalue weighted by molar-refractivity contribution is 0.418.